The Hall–Kier alpha value is -3.91. The second kappa shape index (κ2) is 10.6. The maximum absolute atomic E-state index is 12.3. The highest BCUT2D eigenvalue weighted by molar-refractivity contribution is 6.06. The molecule has 0 fully saturated rings. The van der Waals surface area contributed by atoms with Gasteiger partial charge in [-0.05, 0) is 29.7 Å². The van der Waals surface area contributed by atoms with Gasteiger partial charge in [0, 0.05) is 48.9 Å². The number of para-hydroxylation sites is 1. The Morgan fingerprint density at radius 1 is 1.03 bits per heavy atom. The third-order valence-corrected chi connectivity index (χ3v) is 6.08. The summed E-state index contributed by atoms with van der Waals surface area (Å²) in [6, 6.07) is 13.3. The summed E-state index contributed by atoms with van der Waals surface area (Å²) < 4.78 is 0. The maximum Gasteiger partial charge on any atom is 0.251 e. The zero-order valence-electron chi connectivity index (χ0n) is 20.4. The lowest BCUT2D eigenvalue weighted by Gasteiger charge is -2.16. The van der Waals surface area contributed by atoms with Crippen molar-refractivity contribution < 1.29 is 9.90 Å². The Labute approximate surface area is 204 Å². The van der Waals surface area contributed by atoms with Crippen LogP contribution in [0.25, 0.3) is 22.2 Å². The first-order chi connectivity index (χ1) is 16.9. The molecule has 0 bridgehead atoms. The highest BCUT2D eigenvalue weighted by Crippen LogP contribution is 2.27. The number of anilines is 1. The molecule has 0 spiro atoms. The van der Waals surface area contributed by atoms with E-state index in [4.69, 9.17) is 0 Å². The van der Waals surface area contributed by atoms with Crippen molar-refractivity contribution in [2.75, 3.05) is 18.9 Å². The van der Waals surface area contributed by atoms with Crippen LogP contribution < -0.4 is 10.6 Å². The molecule has 3 N–H and O–H groups in total. The van der Waals surface area contributed by atoms with Gasteiger partial charge in [0.25, 0.3) is 5.91 Å². The second-order valence-corrected chi connectivity index (χ2v) is 8.91. The minimum Gasteiger partial charge on any atom is -0.387 e. The van der Waals surface area contributed by atoms with E-state index in [9.17, 15) is 9.90 Å². The monoisotopic (exact) mass is 470 g/mol. The predicted molar refractivity (Wildman–Crippen MR) is 137 cm³/mol. The van der Waals surface area contributed by atoms with Crippen molar-refractivity contribution in [3.63, 3.8) is 0 Å². The fourth-order valence-corrected chi connectivity index (χ4v) is 3.98. The first kappa shape index (κ1) is 24.2. The number of hydrogen-bond acceptors (Lipinski definition) is 7. The molecule has 180 valence electrons. The number of aliphatic hydroxyl groups is 1. The molecule has 3 aromatic heterocycles. The van der Waals surface area contributed by atoms with Gasteiger partial charge in [-0.1, -0.05) is 39.0 Å². The number of fused-ring (bicyclic) bond motifs is 1. The average Bonchev–Trinajstić information content (AvgIpc) is 2.90. The summed E-state index contributed by atoms with van der Waals surface area (Å²) in [5, 5.41) is 17.1. The number of benzene rings is 1. The fourth-order valence-electron chi connectivity index (χ4n) is 3.98. The highest BCUT2D eigenvalue weighted by Gasteiger charge is 2.16. The lowest BCUT2D eigenvalue weighted by atomic mass is 9.96. The second-order valence-electron chi connectivity index (χ2n) is 8.91. The van der Waals surface area contributed by atoms with Gasteiger partial charge in [-0.2, -0.15) is 0 Å². The third-order valence-electron chi connectivity index (χ3n) is 6.08. The number of aliphatic hydroxyl groups excluding tert-OH is 1. The SMILES string of the molecule is CNC(=O)c1ccnc2c([C@H](C)CNc3cc(-c4ccc(C(O)C(C)C)nc4)ncn3)cccc12. The lowest BCUT2D eigenvalue weighted by Crippen LogP contribution is -2.18. The zero-order valence-corrected chi connectivity index (χ0v) is 20.4. The molecule has 1 unspecified atom stereocenters. The van der Waals surface area contributed by atoms with E-state index in [1.807, 2.05) is 50.2 Å². The first-order valence-corrected chi connectivity index (χ1v) is 11.7. The number of nitrogens with one attached hydrogen (secondary N) is 2. The first-order valence-electron chi connectivity index (χ1n) is 11.7. The number of carbonyl (C=O) groups is 1. The number of carbonyl (C=O) groups excluding carboxylic acids is 1. The van der Waals surface area contributed by atoms with Crippen LogP contribution in [-0.2, 0) is 0 Å². The number of rotatable bonds is 8. The molecule has 0 aliphatic rings. The molecular weight excluding hydrogens is 440 g/mol. The molecule has 0 aliphatic heterocycles. The predicted octanol–water partition coefficient (Wildman–Crippen LogP) is 4.35. The largest absolute Gasteiger partial charge is 0.387 e. The van der Waals surface area contributed by atoms with Crippen molar-refractivity contribution >= 4 is 22.6 Å². The van der Waals surface area contributed by atoms with Crippen LogP contribution in [0, 0.1) is 5.92 Å². The molecule has 4 aromatic rings. The zero-order chi connectivity index (χ0) is 24.9. The number of amides is 1. The minimum absolute atomic E-state index is 0.0949. The number of nitrogens with zero attached hydrogens (tertiary/aromatic N) is 4. The average molecular weight is 471 g/mol. The summed E-state index contributed by atoms with van der Waals surface area (Å²) in [4.78, 5) is 30.0. The molecule has 3 heterocycles. The van der Waals surface area contributed by atoms with Gasteiger partial charge in [-0.15, -0.1) is 0 Å². The third kappa shape index (κ3) is 5.27. The van der Waals surface area contributed by atoms with Crippen molar-refractivity contribution in [1.29, 1.82) is 0 Å². The van der Waals surface area contributed by atoms with Crippen LogP contribution in [0.5, 0.6) is 0 Å². The summed E-state index contributed by atoms with van der Waals surface area (Å²) in [7, 11) is 1.63. The molecule has 1 aromatic carbocycles. The maximum atomic E-state index is 12.3. The number of hydrogen-bond donors (Lipinski definition) is 3. The van der Waals surface area contributed by atoms with Gasteiger partial charge < -0.3 is 15.7 Å². The molecule has 0 aliphatic carbocycles. The molecular formula is C27H30N6O2. The van der Waals surface area contributed by atoms with E-state index in [-0.39, 0.29) is 17.7 Å². The molecule has 2 atom stereocenters. The van der Waals surface area contributed by atoms with Crippen molar-refractivity contribution in [3.05, 3.63) is 78.0 Å². The molecule has 8 nitrogen and oxygen atoms in total. The van der Waals surface area contributed by atoms with E-state index < -0.39 is 6.10 Å². The van der Waals surface area contributed by atoms with Crippen LogP contribution in [0.15, 0.2) is 61.2 Å². The fraction of sp³-hybridized carbons (Fsp3) is 0.296. The van der Waals surface area contributed by atoms with E-state index in [0.29, 0.717) is 23.6 Å². The van der Waals surface area contributed by atoms with Gasteiger partial charge in [-0.3, -0.25) is 14.8 Å². The van der Waals surface area contributed by atoms with Gasteiger partial charge >= 0.3 is 0 Å². The van der Waals surface area contributed by atoms with Gasteiger partial charge in [-0.25, -0.2) is 9.97 Å². The summed E-state index contributed by atoms with van der Waals surface area (Å²) in [6.07, 6.45) is 4.33. The van der Waals surface area contributed by atoms with Crippen molar-refractivity contribution in [2.45, 2.75) is 32.8 Å². The Morgan fingerprint density at radius 3 is 2.57 bits per heavy atom. The van der Waals surface area contributed by atoms with E-state index in [1.165, 1.54) is 6.33 Å². The van der Waals surface area contributed by atoms with Crippen LogP contribution in [0.4, 0.5) is 5.82 Å². The quantitative estimate of drug-likeness (QED) is 0.351. The van der Waals surface area contributed by atoms with Gasteiger partial charge in [0.1, 0.15) is 12.1 Å². The molecule has 0 radical (unpaired) electrons. The lowest BCUT2D eigenvalue weighted by molar-refractivity contribution is 0.0964. The molecule has 1 amide bonds. The summed E-state index contributed by atoms with van der Waals surface area (Å²) in [5.74, 6) is 0.781. The number of aromatic nitrogens is 4. The minimum atomic E-state index is -0.593. The van der Waals surface area contributed by atoms with Gasteiger partial charge in [0.05, 0.1) is 28.6 Å². The van der Waals surface area contributed by atoms with Crippen molar-refractivity contribution in [3.8, 4) is 11.3 Å². The van der Waals surface area contributed by atoms with Crippen LogP contribution in [-0.4, -0.2) is 44.5 Å². The summed E-state index contributed by atoms with van der Waals surface area (Å²) in [5.41, 5.74) is 4.73. The standard InChI is InChI=1S/C27H30N6O2/c1-16(2)26(34)22-9-8-18(14-30-22)23-12-24(33-15-32-23)31-13-17(3)19-6-5-7-20-21(27(35)28-4)10-11-29-25(19)20/h5-12,14-17,26,34H,13H2,1-4H3,(H,28,35)(H,31,32,33)/t17-,26?/m1/s1. The van der Waals surface area contributed by atoms with Crippen molar-refractivity contribution in [2.24, 2.45) is 5.92 Å². The molecule has 35 heavy (non-hydrogen) atoms. The van der Waals surface area contributed by atoms with Crippen LogP contribution in [0.3, 0.4) is 0 Å². The normalized spacial score (nSPS) is 13.0. The Balaban J connectivity index is 1.51. The highest BCUT2D eigenvalue weighted by atomic mass is 16.3. The van der Waals surface area contributed by atoms with E-state index in [0.717, 1.165) is 27.7 Å². The van der Waals surface area contributed by atoms with E-state index in [1.54, 1.807) is 25.5 Å². The van der Waals surface area contributed by atoms with Crippen molar-refractivity contribution in [1.82, 2.24) is 25.3 Å². The van der Waals surface area contributed by atoms with E-state index >= 15 is 0 Å². The molecule has 0 saturated carbocycles. The van der Waals surface area contributed by atoms with E-state index in [2.05, 4.69) is 37.5 Å². The van der Waals surface area contributed by atoms with Crippen LogP contribution in [0.2, 0.25) is 0 Å². The summed E-state index contributed by atoms with van der Waals surface area (Å²) in [6.45, 7) is 6.65. The Bertz CT molecular complexity index is 1320. The van der Waals surface area contributed by atoms with Gasteiger partial charge in [0.15, 0.2) is 0 Å². The van der Waals surface area contributed by atoms with Crippen LogP contribution >= 0.6 is 0 Å². The summed E-state index contributed by atoms with van der Waals surface area (Å²) >= 11 is 0. The van der Waals surface area contributed by atoms with Gasteiger partial charge in [0.2, 0.25) is 0 Å². The smallest absolute Gasteiger partial charge is 0.251 e. The Morgan fingerprint density at radius 2 is 1.86 bits per heavy atom. The topological polar surface area (TPSA) is 113 Å². The van der Waals surface area contributed by atoms with Crippen LogP contribution in [0.1, 0.15) is 54.4 Å². The number of pyridine rings is 2. The Kier molecular flexibility index (Phi) is 7.31. The molecule has 0 saturated heterocycles. The molecule has 4 rings (SSSR count). The molecule has 8 heteroatoms.